The van der Waals surface area contributed by atoms with E-state index in [1.807, 2.05) is 36.4 Å². The van der Waals surface area contributed by atoms with Gasteiger partial charge in [-0.15, -0.1) is 0 Å². The van der Waals surface area contributed by atoms with Gasteiger partial charge in [0.05, 0.1) is 0 Å². The number of hydrogen-bond donors (Lipinski definition) is 2. The van der Waals surface area contributed by atoms with E-state index in [-0.39, 0.29) is 0 Å². The van der Waals surface area contributed by atoms with Gasteiger partial charge >= 0.3 is 11.9 Å². The molecule has 0 saturated heterocycles. The molecule has 4 atom stereocenters. The summed E-state index contributed by atoms with van der Waals surface area (Å²) in [6.45, 7) is 13.8. The maximum atomic E-state index is 12.5. The highest BCUT2D eigenvalue weighted by Crippen LogP contribution is 2.36. The van der Waals surface area contributed by atoms with E-state index in [9.17, 15) is 14.7 Å². The number of hydrogen-bond acceptors (Lipinski definition) is 9. The van der Waals surface area contributed by atoms with Gasteiger partial charge in [-0.05, 0) is 129 Å². The Hall–Kier alpha value is -2.18. The minimum atomic E-state index is -1.67. The first-order chi connectivity index (χ1) is 19.7. The molecule has 0 saturated carbocycles. The van der Waals surface area contributed by atoms with Crippen LogP contribution in [0.2, 0.25) is 0 Å². The van der Waals surface area contributed by atoms with Gasteiger partial charge in [0.15, 0.2) is 5.60 Å². The van der Waals surface area contributed by atoms with Crippen LogP contribution in [0.1, 0.15) is 79.4 Å². The molecule has 11 heteroatoms. The van der Waals surface area contributed by atoms with Crippen molar-refractivity contribution in [1.29, 1.82) is 0 Å². The van der Waals surface area contributed by atoms with Gasteiger partial charge in [0.25, 0.3) is 0 Å². The Morgan fingerprint density at radius 1 is 0.767 bits per heavy atom. The summed E-state index contributed by atoms with van der Waals surface area (Å²) in [5.74, 6) is 5.69. The molecule has 0 aliphatic carbocycles. The summed E-state index contributed by atoms with van der Waals surface area (Å²) >= 11 is 6.86. The van der Waals surface area contributed by atoms with E-state index in [1.54, 1.807) is 48.5 Å². The van der Waals surface area contributed by atoms with Crippen LogP contribution in [0.25, 0.3) is 0 Å². The number of fused-ring (bicyclic) bond motifs is 2. The Morgan fingerprint density at radius 2 is 1.19 bits per heavy atom. The fourth-order valence-electron chi connectivity index (χ4n) is 4.65. The molecule has 0 aromatic heterocycles. The summed E-state index contributed by atoms with van der Waals surface area (Å²) in [6, 6.07) is 11.5. The molecule has 0 amide bonds. The molecule has 2 aliphatic heterocycles. The number of ether oxygens (including phenoxy) is 4. The Balaban J connectivity index is 0.000000236. The van der Waals surface area contributed by atoms with Gasteiger partial charge in [0.2, 0.25) is 5.60 Å². The molecular weight excluding hydrogens is 686 g/mol. The van der Waals surface area contributed by atoms with Crippen LogP contribution < -0.4 is 15.4 Å². The van der Waals surface area contributed by atoms with Crippen molar-refractivity contribution in [3.8, 4) is 11.5 Å². The topological polar surface area (TPSA) is 127 Å². The lowest BCUT2D eigenvalue weighted by Crippen LogP contribution is -2.56. The summed E-state index contributed by atoms with van der Waals surface area (Å²) in [4.78, 5) is 29.7. The third kappa shape index (κ3) is 9.17. The standard InChI is InChI=1S/C16H22BrNO4.C16H21BrO4/c1-15(2,3)21-14(19)16(4,22-18)13-8-5-10-9-11(17)6-7-12(10)20-13;1-15(2,3)21-14(18)16(4,19)13-8-5-10-9-11(17)6-7-12(10)20-13/h6-7,9,13H,5,8,18H2,1-4H3;6-7,9,13,19H,5,8H2,1-4H3. The Morgan fingerprint density at radius 3 is 1.63 bits per heavy atom. The maximum absolute atomic E-state index is 12.5. The van der Waals surface area contributed by atoms with Crippen molar-refractivity contribution in [2.45, 2.75) is 116 Å². The van der Waals surface area contributed by atoms with Crippen LogP contribution in [-0.2, 0) is 36.7 Å². The van der Waals surface area contributed by atoms with Gasteiger partial charge in [-0.2, -0.15) is 0 Å². The van der Waals surface area contributed by atoms with E-state index < -0.39 is 46.6 Å². The summed E-state index contributed by atoms with van der Waals surface area (Å²) in [5.41, 5.74) is -2.11. The van der Waals surface area contributed by atoms with Crippen LogP contribution in [0.4, 0.5) is 0 Å². The smallest absolute Gasteiger partial charge is 0.344 e. The van der Waals surface area contributed by atoms with Crippen LogP contribution in [0.5, 0.6) is 11.5 Å². The zero-order valence-corrected chi connectivity index (χ0v) is 29.3. The Kier molecular flexibility index (Phi) is 11.0. The van der Waals surface area contributed by atoms with Crippen LogP contribution in [-0.4, -0.2) is 51.7 Å². The van der Waals surface area contributed by atoms with E-state index in [2.05, 4.69) is 31.9 Å². The van der Waals surface area contributed by atoms with Crippen molar-refractivity contribution in [3.05, 3.63) is 56.5 Å². The zero-order chi connectivity index (χ0) is 32.4. The zero-order valence-electron chi connectivity index (χ0n) is 26.1. The van der Waals surface area contributed by atoms with Crippen molar-refractivity contribution in [3.63, 3.8) is 0 Å². The summed E-state index contributed by atoms with van der Waals surface area (Å²) in [5, 5.41) is 10.5. The maximum Gasteiger partial charge on any atom is 0.344 e. The fraction of sp³-hybridized carbons (Fsp3) is 0.562. The average molecular weight is 730 g/mol. The number of benzene rings is 2. The van der Waals surface area contributed by atoms with Crippen molar-refractivity contribution in [1.82, 2.24) is 0 Å². The molecule has 3 N–H and O–H groups in total. The van der Waals surface area contributed by atoms with Gasteiger partial charge in [-0.3, -0.25) is 4.84 Å². The van der Waals surface area contributed by atoms with Crippen molar-refractivity contribution >= 4 is 43.8 Å². The molecule has 0 bridgehead atoms. The van der Waals surface area contributed by atoms with Crippen molar-refractivity contribution < 1.29 is 38.5 Å². The third-order valence-corrected chi connectivity index (χ3v) is 8.02. The van der Waals surface area contributed by atoms with Gasteiger partial charge in [0, 0.05) is 8.95 Å². The van der Waals surface area contributed by atoms with Gasteiger partial charge in [0.1, 0.15) is 34.9 Å². The fourth-order valence-corrected chi connectivity index (χ4v) is 5.46. The minimum absolute atomic E-state index is 0.499. The van der Waals surface area contributed by atoms with E-state index in [1.165, 1.54) is 6.92 Å². The van der Waals surface area contributed by atoms with Crippen LogP contribution in [0.15, 0.2) is 45.3 Å². The molecule has 9 nitrogen and oxygen atoms in total. The molecule has 2 aromatic carbocycles. The molecule has 2 heterocycles. The molecule has 2 aromatic rings. The minimum Gasteiger partial charge on any atom is -0.486 e. The average Bonchev–Trinajstić information content (AvgIpc) is 2.90. The first kappa shape index (κ1) is 35.3. The van der Waals surface area contributed by atoms with Crippen LogP contribution in [0.3, 0.4) is 0 Å². The van der Waals surface area contributed by atoms with E-state index in [4.69, 9.17) is 29.7 Å². The summed E-state index contributed by atoms with van der Waals surface area (Å²) < 4.78 is 24.5. The molecule has 0 fully saturated rings. The quantitative estimate of drug-likeness (QED) is 0.267. The molecule has 4 rings (SSSR count). The molecule has 238 valence electrons. The lowest BCUT2D eigenvalue weighted by atomic mass is 9.90. The number of carbonyl (C=O) groups excluding carboxylic acids is 2. The van der Waals surface area contributed by atoms with Gasteiger partial charge in [-0.25, -0.2) is 15.5 Å². The molecule has 4 unspecified atom stereocenters. The Labute approximate surface area is 270 Å². The SMILES string of the molecule is CC(C)(C)OC(=O)C(C)(O)C1CCc2cc(Br)ccc2O1.CC(C)(C)OC(=O)C(C)(ON)C1CCc2cc(Br)ccc2O1. The second-order valence-corrected chi connectivity index (χ2v) is 15.0. The normalized spacial score (nSPS) is 20.7. The number of rotatable bonds is 5. The predicted octanol–water partition coefficient (Wildman–Crippen LogP) is 6.37. The number of nitrogens with two attached hydrogens (primary N) is 1. The Bertz CT molecular complexity index is 1320. The monoisotopic (exact) mass is 727 g/mol. The van der Waals surface area contributed by atoms with E-state index >= 15 is 0 Å². The number of esters is 2. The molecule has 0 radical (unpaired) electrons. The lowest BCUT2D eigenvalue weighted by Gasteiger charge is -2.38. The van der Waals surface area contributed by atoms with Crippen molar-refractivity contribution in [2.75, 3.05) is 0 Å². The lowest BCUT2D eigenvalue weighted by molar-refractivity contribution is -0.196. The van der Waals surface area contributed by atoms with E-state index in [0.717, 1.165) is 38.7 Å². The highest BCUT2D eigenvalue weighted by molar-refractivity contribution is 9.10. The van der Waals surface area contributed by atoms with Gasteiger partial charge < -0.3 is 24.1 Å². The number of carbonyl (C=O) groups is 2. The predicted molar refractivity (Wildman–Crippen MR) is 170 cm³/mol. The van der Waals surface area contributed by atoms with Crippen molar-refractivity contribution in [2.24, 2.45) is 5.90 Å². The van der Waals surface area contributed by atoms with Crippen LogP contribution >= 0.6 is 31.9 Å². The first-order valence-corrected chi connectivity index (χ1v) is 15.8. The summed E-state index contributed by atoms with van der Waals surface area (Å²) in [7, 11) is 0. The van der Waals surface area contributed by atoms with E-state index in [0.29, 0.717) is 18.6 Å². The highest BCUT2D eigenvalue weighted by atomic mass is 79.9. The highest BCUT2D eigenvalue weighted by Gasteiger charge is 2.49. The molecule has 43 heavy (non-hydrogen) atoms. The number of aliphatic hydroxyl groups is 1. The van der Waals surface area contributed by atoms with Gasteiger partial charge in [-0.1, -0.05) is 31.9 Å². The third-order valence-electron chi connectivity index (χ3n) is 7.04. The second-order valence-electron chi connectivity index (χ2n) is 13.2. The molecule has 2 aliphatic rings. The number of aryl methyl sites for hydroxylation is 2. The van der Waals surface area contributed by atoms with Crippen LogP contribution in [0, 0.1) is 0 Å². The largest absolute Gasteiger partial charge is 0.486 e. The molecule has 0 spiro atoms. The number of halogens is 2. The first-order valence-electron chi connectivity index (χ1n) is 14.2. The molecular formula is C32H43Br2NO8. The second kappa shape index (κ2) is 13.4. The summed E-state index contributed by atoms with van der Waals surface area (Å²) in [6.07, 6.45) is 1.60.